The fourth-order valence-electron chi connectivity index (χ4n) is 3.25. The van der Waals surface area contributed by atoms with E-state index in [0.29, 0.717) is 13.2 Å². The molecular formula is C17H21NO4. The number of Topliss-reactive ketones (excluding diaryl/α,β-unsaturated/α-hetero) is 1. The molecule has 0 N–H and O–H groups in total. The molecule has 1 amide bonds. The van der Waals surface area contributed by atoms with Gasteiger partial charge in [-0.1, -0.05) is 30.3 Å². The zero-order valence-electron chi connectivity index (χ0n) is 13.1. The van der Waals surface area contributed by atoms with Crippen LogP contribution in [0.15, 0.2) is 30.3 Å². The number of hydrogen-bond donors (Lipinski definition) is 0. The topological polar surface area (TPSA) is 55.8 Å². The van der Waals surface area contributed by atoms with Gasteiger partial charge in [0.2, 0.25) is 5.91 Å². The minimum absolute atomic E-state index is 0.104. The summed E-state index contributed by atoms with van der Waals surface area (Å²) < 4.78 is 11.5. The standard InChI is InChI=1S/C17H21NO4/c1-11(19)14-15(13-10-21-17(2,3)22-13)18(16(14)20)9-12-7-5-4-6-8-12/h4-8,13-15H,9-10H2,1-3H3/t13-,14-,15-/m1/s1. The average molecular weight is 303 g/mol. The van der Waals surface area contributed by atoms with E-state index in [1.54, 1.807) is 4.90 Å². The van der Waals surface area contributed by atoms with Crippen molar-refractivity contribution in [1.29, 1.82) is 0 Å². The Balaban J connectivity index is 1.79. The number of likely N-dealkylation sites (tertiary alicyclic amines) is 1. The number of carbonyl (C=O) groups is 2. The molecule has 0 saturated carbocycles. The number of ketones is 1. The highest BCUT2D eigenvalue weighted by molar-refractivity contribution is 6.05. The molecule has 5 heteroatoms. The van der Waals surface area contributed by atoms with Crippen molar-refractivity contribution in [3.63, 3.8) is 0 Å². The predicted molar refractivity (Wildman–Crippen MR) is 79.9 cm³/mol. The van der Waals surface area contributed by atoms with E-state index < -0.39 is 11.7 Å². The van der Waals surface area contributed by atoms with E-state index >= 15 is 0 Å². The lowest BCUT2D eigenvalue weighted by molar-refractivity contribution is -0.182. The summed E-state index contributed by atoms with van der Waals surface area (Å²) in [7, 11) is 0. The Bertz CT molecular complexity index is 584. The van der Waals surface area contributed by atoms with Gasteiger partial charge in [-0.05, 0) is 26.3 Å². The van der Waals surface area contributed by atoms with Crippen LogP contribution in [-0.2, 0) is 25.6 Å². The van der Waals surface area contributed by atoms with E-state index in [4.69, 9.17) is 9.47 Å². The van der Waals surface area contributed by atoms with Gasteiger partial charge in [0.15, 0.2) is 5.79 Å². The first-order valence-corrected chi connectivity index (χ1v) is 7.56. The van der Waals surface area contributed by atoms with E-state index in [9.17, 15) is 9.59 Å². The molecule has 22 heavy (non-hydrogen) atoms. The molecule has 3 rings (SSSR count). The molecule has 118 valence electrons. The molecular weight excluding hydrogens is 282 g/mol. The van der Waals surface area contributed by atoms with Gasteiger partial charge in [0.25, 0.3) is 0 Å². The molecule has 0 aromatic heterocycles. The van der Waals surface area contributed by atoms with Gasteiger partial charge in [-0.3, -0.25) is 9.59 Å². The second-order valence-corrected chi connectivity index (χ2v) is 6.40. The van der Waals surface area contributed by atoms with Gasteiger partial charge < -0.3 is 14.4 Å². The highest BCUT2D eigenvalue weighted by Gasteiger charge is 2.56. The monoisotopic (exact) mass is 303 g/mol. The Morgan fingerprint density at radius 1 is 1.32 bits per heavy atom. The fraction of sp³-hybridized carbons (Fsp3) is 0.529. The average Bonchev–Trinajstić information content (AvgIpc) is 2.82. The van der Waals surface area contributed by atoms with Crippen LogP contribution in [0.25, 0.3) is 0 Å². The summed E-state index contributed by atoms with van der Waals surface area (Å²) in [6.45, 7) is 6.06. The number of amides is 1. The molecule has 2 aliphatic heterocycles. The van der Waals surface area contributed by atoms with Crippen LogP contribution >= 0.6 is 0 Å². The maximum atomic E-state index is 12.3. The normalized spacial score (nSPS) is 30.2. The van der Waals surface area contributed by atoms with Crippen LogP contribution in [-0.4, -0.2) is 41.1 Å². The second-order valence-electron chi connectivity index (χ2n) is 6.40. The molecule has 1 aromatic rings. The molecule has 2 aliphatic rings. The summed E-state index contributed by atoms with van der Waals surface area (Å²) in [4.78, 5) is 25.9. The quantitative estimate of drug-likeness (QED) is 0.628. The first-order valence-electron chi connectivity index (χ1n) is 7.56. The van der Waals surface area contributed by atoms with Gasteiger partial charge >= 0.3 is 0 Å². The van der Waals surface area contributed by atoms with E-state index in [-0.39, 0.29) is 23.8 Å². The lowest BCUT2D eigenvalue weighted by Gasteiger charge is -2.48. The van der Waals surface area contributed by atoms with Crippen LogP contribution in [0, 0.1) is 5.92 Å². The van der Waals surface area contributed by atoms with Crippen molar-refractivity contribution in [1.82, 2.24) is 4.90 Å². The third kappa shape index (κ3) is 2.66. The smallest absolute Gasteiger partial charge is 0.236 e. The van der Waals surface area contributed by atoms with Gasteiger partial charge in [-0.15, -0.1) is 0 Å². The maximum absolute atomic E-state index is 12.3. The maximum Gasteiger partial charge on any atom is 0.236 e. The molecule has 0 aliphatic carbocycles. The lowest BCUT2D eigenvalue weighted by Crippen LogP contribution is -2.67. The van der Waals surface area contributed by atoms with Crippen molar-refractivity contribution in [3.05, 3.63) is 35.9 Å². The van der Waals surface area contributed by atoms with Gasteiger partial charge in [0.1, 0.15) is 17.8 Å². The van der Waals surface area contributed by atoms with Crippen molar-refractivity contribution in [3.8, 4) is 0 Å². The molecule has 3 atom stereocenters. The van der Waals surface area contributed by atoms with Gasteiger partial charge in [0.05, 0.1) is 12.6 Å². The van der Waals surface area contributed by atoms with Crippen molar-refractivity contribution >= 4 is 11.7 Å². The third-order valence-electron chi connectivity index (χ3n) is 4.30. The largest absolute Gasteiger partial charge is 0.348 e. The van der Waals surface area contributed by atoms with Gasteiger partial charge in [-0.2, -0.15) is 0 Å². The Hall–Kier alpha value is -1.72. The van der Waals surface area contributed by atoms with E-state index in [1.165, 1.54) is 6.92 Å². The first kappa shape index (κ1) is 15.2. The van der Waals surface area contributed by atoms with E-state index in [0.717, 1.165) is 5.56 Å². The van der Waals surface area contributed by atoms with Crippen LogP contribution in [0.1, 0.15) is 26.3 Å². The summed E-state index contributed by atoms with van der Waals surface area (Å²) in [5.41, 5.74) is 1.04. The van der Waals surface area contributed by atoms with Gasteiger partial charge in [-0.25, -0.2) is 0 Å². The van der Waals surface area contributed by atoms with Crippen molar-refractivity contribution in [2.45, 2.75) is 45.2 Å². The Morgan fingerprint density at radius 2 is 2.00 bits per heavy atom. The van der Waals surface area contributed by atoms with E-state index in [2.05, 4.69) is 0 Å². The third-order valence-corrected chi connectivity index (χ3v) is 4.30. The molecule has 1 aromatic carbocycles. The minimum atomic E-state index is -0.664. The highest BCUT2D eigenvalue weighted by Crippen LogP contribution is 2.37. The Labute approximate surface area is 130 Å². The molecule has 0 spiro atoms. The number of nitrogens with zero attached hydrogens (tertiary/aromatic N) is 1. The first-order chi connectivity index (χ1) is 10.4. The molecule has 2 heterocycles. The zero-order valence-corrected chi connectivity index (χ0v) is 13.1. The summed E-state index contributed by atoms with van der Waals surface area (Å²) >= 11 is 0. The molecule has 5 nitrogen and oxygen atoms in total. The second kappa shape index (κ2) is 5.48. The summed E-state index contributed by atoms with van der Waals surface area (Å²) in [5.74, 6) is -1.49. The van der Waals surface area contributed by atoms with Crippen LogP contribution < -0.4 is 0 Å². The van der Waals surface area contributed by atoms with Crippen LogP contribution in [0.2, 0.25) is 0 Å². The van der Waals surface area contributed by atoms with Crippen LogP contribution in [0.4, 0.5) is 0 Å². The summed E-state index contributed by atoms with van der Waals surface area (Å²) in [6, 6.07) is 9.52. The molecule has 2 saturated heterocycles. The molecule has 0 radical (unpaired) electrons. The van der Waals surface area contributed by atoms with E-state index in [1.807, 2.05) is 44.2 Å². The molecule has 0 unspecified atom stereocenters. The Kier molecular flexibility index (Phi) is 3.78. The number of carbonyl (C=O) groups excluding carboxylic acids is 2. The number of hydrogen-bond acceptors (Lipinski definition) is 4. The van der Waals surface area contributed by atoms with Crippen molar-refractivity contribution < 1.29 is 19.1 Å². The SMILES string of the molecule is CC(=O)[C@H]1C(=O)N(Cc2ccccc2)[C@@H]1[C@H]1COC(C)(C)O1. The number of ether oxygens (including phenoxy) is 2. The summed E-state index contributed by atoms with van der Waals surface area (Å²) in [6.07, 6.45) is -0.259. The number of benzene rings is 1. The van der Waals surface area contributed by atoms with Crippen LogP contribution in [0.5, 0.6) is 0 Å². The molecule has 2 fully saturated rings. The van der Waals surface area contributed by atoms with Crippen molar-refractivity contribution in [2.24, 2.45) is 5.92 Å². The molecule has 0 bridgehead atoms. The Morgan fingerprint density at radius 3 is 2.55 bits per heavy atom. The fourth-order valence-corrected chi connectivity index (χ4v) is 3.25. The van der Waals surface area contributed by atoms with Gasteiger partial charge in [0, 0.05) is 6.54 Å². The zero-order chi connectivity index (χ0) is 15.9. The lowest BCUT2D eigenvalue weighted by atomic mass is 9.80. The number of rotatable bonds is 4. The van der Waals surface area contributed by atoms with Crippen molar-refractivity contribution in [2.75, 3.05) is 6.61 Å². The number of β-lactam (4-membered cyclic amide) rings is 1. The summed E-state index contributed by atoms with van der Waals surface area (Å²) in [5, 5.41) is 0. The highest BCUT2D eigenvalue weighted by atomic mass is 16.7. The predicted octanol–water partition coefficient (Wildman–Crippen LogP) is 1.75. The van der Waals surface area contributed by atoms with Crippen LogP contribution in [0.3, 0.4) is 0 Å². The minimum Gasteiger partial charge on any atom is -0.348 e.